The Morgan fingerprint density at radius 1 is 1.06 bits per heavy atom. The molecule has 3 unspecified atom stereocenters. The maximum atomic E-state index is 12.6. The van der Waals surface area contributed by atoms with Crippen molar-refractivity contribution < 1.29 is 24.3 Å². The standard InChI is InChI=1S/C22H32N6O5/c1-13(20(31)28-18(8-4-5-9-23)22(33)26-12-19(29)30)27-21(32)16(24)10-14-11-25-17-7-3-2-6-15(14)17/h2-3,6-7,11,13,16,18,25H,4-5,8-10,12,23-24H2,1H3,(H,26,33)(H,27,32)(H,28,31)(H,29,30). The predicted octanol–water partition coefficient (Wildman–Crippen LogP) is -0.643. The molecule has 0 aliphatic carbocycles. The number of benzene rings is 1. The number of nitrogens with two attached hydrogens (primary N) is 2. The third-order valence-corrected chi connectivity index (χ3v) is 5.20. The van der Waals surface area contributed by atoms with E-state index in [1.807, 2.05) is 24.3 Å². The van der Waals surface area contributed by atoms with E-state index in [2.05, 4.69) is 20.9 Å². The minimum Gasteiger partial charge on any atom is -0.480 e. The van der Waals surface area contributed by atoms with Crippen LogP contribution in [0.25, 0.3) is 10.9 Å². The molecule has 0 radical (unpaired) electrons. The van der Waals surface area contributed by atoms with Crippen LogP contribution in [0.5, 0.6) is 0 Å². The number of aromatic nitrogens is 1. The minimum atomic E-state index is -1.19. The first kappa shape index (κ1) is 25.8. The normalized spacial score (nSPS) is 13.7. The molecule has 11 nitrogen and oxygen atoms in total. The average Bonchev–Trinajstić information content (AvgIpc) is 3.19. The summed E-state index contributed by atoms with van der Waals surface area (Å²) in [5.74, 6) is -2.89. The van der Waals surface area contributed by atoms with Gasteiger partial charge < -0.3 is 37.5 Å². The maximum Gasteiger partial charge on any atom is 0.322 e. The van der Waals surface area contributed by atoms with Crippen molar-refractivity contribution in [2.45, 2.75) is 50.7 Å². The van der Waals surface area contributed by atoms with Crippen molar-refractivity contribution in [3.8, 4) is 0 Å². The van der Waals surface area contributed by atoms with Gasteiger partial charge in [0.15, 0.2) is 0 Å². The highest BCUT2D eigenvalue weighted by atomic mass is 16.4. The van der Waals surface area contributed by atoms with Gasteiger partial charge in [-0.25, -0.2) is 0 Å². The molecule has 3 atom stereocenters. The smallest absolute Gasteiger partial charge is 0.322 e. The summed E-state index contributed by atoms with van der Waals surface area (Å²) in [7, 11) is 0. The van der Waals surface area contributed by atoms with Gasteiger partial charge in [0.2, 0.25) is 17.7 Å². The summed E-state index contributed by atoms with van der Waals surface area (Å²) in [6.07, 6.45) is 3.58. The molecule has 33 heavy (non-hydrogen) atoms. The van der Waals surface area contributed by atoms with Gasteiger partial charge in [-0.2, -0.15) is 0 Å². The number of amides is 3. The summed E-state index contributed by atoms with van der Waals surface area (Å²) < 4.78 is 0. The fourth-order valence-electron chi connectivity index (χ4n) is 3.36. The van der Waals surface area contributed by atoms with Crippen molar-refractivity contribution in [3.63, 3.8) is 0 Å². The first-order valence-corrected chi connectivity index (χ1v) is 10.8. The van der Waals surface area contributed by atoms with Gasteiger partial charge in [0.1, 0.15) is 18.6 Å². The Hall–Kier alpha value is -3.44. The molecule has 1 heterocycles. The van der Waals surface area contributed by atoms with Gasteiger partial charge in [0.25, 0.3) is 0 Å². The van der Waals surface area contributed by atoms with Gasteiger partial charge >= 0.3 is 5.97 Å². The highest BCUT2D eigenvalue weighted by Gasteiger charge is 2.26. The van der Waals surface area contributed by atoms with E-state index in [9.17, 15) is 19.2 Å². The van der Waals surface area contributed by atoms with Crippen molar-refractivity contribution in [2.24, 2.45) is 11.5 Å². The Kier molecular flexibility index (Phi) is 9.83. The van der Waals surface area contributed by atoms with E-state index in [1.165, 1.54) is 6.92 Å². The fourth-order valence-corrected chi connectivity index (χ4v) is 3.36. The van der Waals surface area contributed by atoms with E-state index in [0.717, 1.165) is 16.5 Å². The van der Waals surface area contributed by atoms with Crippen LogP contribution in [0.1, 0.15) is 31.7 Å². The number of carboxylic acid groups (broad SMARTS) is 1. The molecule has 0 aliphatic heterocycles. The number of rotatable bonds is 13. The summed E-state index contributed by atoms with van der Waals surface area (Å²) in [6.45, 7) is 1.35. The van der Waals surface area contributed by atoms with Gasteiger partial charge in [0.05, 0.1) is 6.04 Å². The van der Waals surface area contributed by atoms with Crippen molar-refractivity contribution in [1.82, 2.24) is 20.9 Å². The molecule has 2 rings (SSSR count). The number of hydrogen-bond donors (Lipinski definition) is 7. The third kappa shape index (κ3) is 7.88. The van der Waals surface area contributed by atoms with Crippen LogP contribution >= 0.6 is 0 Å². The molecule has 11 heteroatoms. The number of carboxylic acids is 1. The van der Waals surface area contributed by atoms with Gasteiger partial charge in [0, 0.05) is 17.1 Å². The van der Waals surface area contributed by atoms with Gasteiger partial charge in [-0.15, -0.1) is 0 Å². The van der Waals surface area contributed by atoms with Crippen LogP contribution in [0.3, 0.4) is 0 Å². The number of H-pyrrole nitrogens is 1. The SMILES string of the molecule is CC(NC(=O)C(N)Cc1c[nH]c2ccccc12)C(=O)NC(CCCCN)C(=O)NCC(=O)O. The quantitative estimate of drug-likeness (QED) is 0.193. The lowest BCUT2D eigenvalue weighted by atomic mass is 10.0. The van der Waals surface area contributed by atoms with Gasteiger partial charge in [-0.05, 0) is 50.8 Å². The number of carbonyl (C=O) groups is 4. The van der Waals surface area contributed by atoms with Crippen LogP contribution in [0.2, 0.25) is 0 Å². The Morgan fingerprint density at radius 2 is 1.79 bits per heavy atom. The highest BCUT2D eigenvalue weighted by molar-refractivity contribution is 5.93. The van der Waals surface area contributed by atoms with Crippen molar-refractivity contribution >= 4 is 34.6 Å². The molecule has 0 spiro atoms. The number of para-hydroxylation sites is 1. The molecule has 2 aromatic rings. The fraction of sp³-hybridized carbons (Fsp3) is 0.455. The first-order chi connectivity index (χ1) is 15.7. The molecule has 9 N–H and O–H groups in total. The van der Waals surface area contributed by atoms with Crippen LogP contribution in [0, 0.1) is 0 Å². The molecule has 0 saturated heterocycles. The number of aliphatic carboxylic acids is 1. The molecule has 0 aliphatic rings. The van der Waals surface area contributed by atoms with E-state index < -0.39 is 48.4 Å². The molecule has 3 amide bonds. The number of fused-ring (bicyclic) bond motifs is 1. The van der Waals surface area contributed by atoms with Gasteiger partial charge in [-0.1, -0.05) is 18.2 Å². The van der Waals surface area contributed by atoms with E-state index in [-0.39, 0.29) is 12.8 Å². The number of aromatic amines is 1. The maximum absolute atomic E-state index is 12.6. The number of hydrogen-bond acceptors (Lipinski definition) is 6. The van der Waals surface area contributed by atoms with Crippen molar-refractivity contribution in [1.29, 1.82) is 0 Å². The lowest BCUT2D eigenvalue weighted by Gasteiger charge is -2.22. The monoisotopic (exact) mass is 460 g/mol. The van der Waals surface area contributed by atoms with Crippen molar-refractivity contribution in [3.05, 3.63) is 36.0 Å². The first-order valence-electron chi connectivity index (χ1n) is 10.8. The zero-order chi connectivity index (χ0) is 24.4. The van der Waals surface area contributed by atoms with E-state index in [0.29, 0.717) is 19.4 Å². The summed E-state index contributed by atoms with van der Waals surface area (Å²) >= 11 is 0. The molecular formula is C22H32N6O5. The van der Waals surface area contributed by atoms with E-state index in [1.54, 1.807) is 6.20 Å². The Bertz CT molecular complexity index is 975. The number of nitrogens with one attached hydrogen (secondary N) is 4. The highest BCUT2D eigenvalue weighted by Crippen LogP contribution is 2.18. The largest absolute Gasteiger partial charge is 0.480 e. The van der Waals surface area contributed by atoms with Crippen LogP contribution in [-0.4, -0.2) is 65.0 Å². The van der Waals surface area contributed by atoms with E-state index in [4.69, 9.17) is 16.6 Å². The van der Waals surface area contributed by atoms with Crippen LogP contribution in [-0.2, 0) is 25.6 Å². The van der Waals surface area contributed by atoms with Crippen LogP contribution in [0.15, 0.2) is 30.5 Å². The Labute approximate surface area is 191 Å². The summed E-state index contributed by atoms with van der Waals surface area (Å²) in [5.41, 5.74) is 13.4. The molecule has 1 aromatic heterocycles. The minimum absolute atomic E-state index is 0.281. The summed E-state index contributed by atoms with van der Waals surface area (Å²) in [4.78, 5) is 51.3. The Balaban J connectivity index is 1.92. The second kappa shape index (κ2) is 12.6. The van der Waals surface area contributed by atoms with E-state index >= 15 is 0 Å². The molecule has 180 valence electrons. The summed E-state index contributed by atoms with van der Waals surface area (Å²) in [5, 5.41) is 17.1. The number of carbonyl (C=O) groups excluding carboxylic acids is 3. The molecule has 1 aromatic carbocycles. The van der Waals surface area contributed by atoms with Crippen LogP contribution < -0.4 is 27.4 Å². The van der Waals surface area contributed by atoms with Crippen molar-refractivity contribution in [2.75, 3.05) is 13.1 Å². The summed E-state index contributed by atoms with van der Waals surface area (Å²) in [6, 6.07) is 4.89. The lowest BCUT2D eigenvalue weighted by molar-refractivity contribution is -0.138. The average molecular weight is 461 g/mol. The second-order valence-corrected chi connectivity index (χ2v) is 7.86. The molecule has 0 fully saturated rings. The second-order valence-electron chi connectivity index (χ2n) is 7.86. The predicted molar refractivity (Wildman–Crippen MR) is 123 cm³/mol. The molecule has 0 saturated carbocycles. The topological polar surface area (TPSA) is 192 Å². The van der Waals surface area contributed by atoms with Gasteiger partial charge in [-0.3, -0.25) is 19.2 Å². The molecule has 0 bridgehead atoms. The lowest BCUT2D eigenvalue weighted by Crippen LogP contribution is -2.55. The zero-order valence-corrected chi connectivity index (χ0v) is 18.6. The third-order valence-electron chi connectivity index (χ3n) is 5.20. The molecular weight excluding hydrogens is 428 g/mol. The zero-order valence-electron chi connectivity index (χ0n) is 18.6. The number of unbranched alkanes of at least 4 members (excludes halogenated alkanes) is 1. The Morgan fingerprint density at radius 3 is 2.48 bits per heavy atom. The van der Waals surface area contributed by atoms with Crippen LogP contribution in [0.4, 0.5) is 0 Å².